The zero-order valence-electron chi connectivity index (χ0n) is 11.9. The summed E-state index contributed by atoms with van der Waals surface area (Å²) in [6, 6.07) is 3.63. The van der Waals surface area contributed by atoms with Gasteiger partial charge in [0.05, 0.1) is 21.6 Å². The van der Waals surface area contributed by atoms with Crippen molar-refractivity contribution in [2.75, 3.05) is 12.8 Å². The first-order chi connectivity index (χ1) is 9.93. The van der Waals surface area contributed by atoms with Gasteiger partial charge in [-0.1, -0.05) is 13.8 Å². The maximum atomic E-state index is 5.92. The lowest BCUT2D eigenvalue weighted by Gasteiger charge is -2.15. The molecule has 0 aliphatic heterocycles. The van der Waals surface area contributed by atoms with Crippen LogP contribution in [0.4, 0.5) is 5.82 Å². The minimum atomic E-state index is 0.154. The Kier molecular flexibility index (Phi) is 5.05. The highest BCUT2D eigenvalue weighted by molar-refractivity contribution is 9.11. The predicted molar refractivity (Wildman–Crippen MR) is 89.0 cm³/mol. The average Bonchev–Trinajstić information content (AvgIpc) is 2.42. The molecule has 1 aromatic heterocycles. The van der Waals surface area contributed by atoms with Crippen LogP contribution in [-0.2, 0) is 0 Å². The first-order valence-electron chi connectivity index (χ1n) is 6.25. The highest BCUT2D eigenvalue weighted by Crippen LogP contribution is 2.39. The first kappa shape index (κ1) is 16.0. The summed E-state index contributed by atoms with van der Waals surface area (Å²) in [5.74, 6) is 2.36. The van der Waals surface area contributed by atoms with E-state index in [0.717, 1.165) is 14.5 Å². The molecule has 1 heterocycles. The van der Waals surface area contributed by atoms with Crippen LogP contribution in [0.25, 0.3) is 0 Å². The molecule has 0 aliphatic carbocycles. The number of hydrogen-bond acceptors (Lipinski definition) is 5. The van der Waals surface area contributed by atoms with Gasteiger partial charge in [0.25, 0.3) is 0 Å². The number of nitrogens with two attached hydrogens (primary N) is 1. The average molecular weight is 417 g/mol. The molecule has 7 heteroatoms. The lowest BCUT2D eigenvalue weighted by Crippen LogP contribution is -2.04. The number of halogens is 2. The summed E-state index contributed by atoms with van der Waals surface area (Å²) >= 11 is 6.89. The smallest absolute Gasteiger partial charge is 0.227 e. The minimum absolute atomic E-state index is 0.154. The quantitative estimate of drug-likeness (QED) is 0.793. The van der Waals surface area contributed by atoms with Gasteiger partial charge in [0.2, 0.25) is 5.88 Å². The molecule has 0 unspecified atom stereocenters. The maximum Gasteiger partial charge on any atom is 0.227 e. The van der Waals surface area contributed by atoms with Crippen LogP contribution in [0.2, 0.25) is 0 Å². The molecule has 5 nitrogen and oxygen atoms in total. The van der Waals surface area contributed by atoms with Crippen molar-refractivity contribution in [2.24, 2.45) is 0 Å². The molecule has 0 saturated carbocycles. The summed E-state index contributed by atoms with van der Waals surface area (Å²) in [5.41, 5.74) is 6.71. The van der Waals surface area contributed by atoms with Gasteiger partial charge in [-0.05, 0) is 49.9 Å². The summed E-state index contributed by atoms with van der Waals surface area (Å²) < 4.78 is 12.7. The van der Waals surface area contributed by atoms with E-state index in [-0.39, 0.29) is 5.92 Å². The zero-order valence-corrected chi connectivity index (χ0v) is 15.0. The van der Waals surface area contributed by atoms with Crippen LogP contribution in [0.15, 0.2) is 27.4 Å². The van der Waals surface area contributed by atoms with E-state index in [9.17, 15) is 0 Å². The van der Waals surface area contributed by atoms with Crippen LogP contribution in [0.5, 0.6) is 17.4 Å². The molecule has 0 atom stereocenters. The van der Waals surface area contributed by atoms with E-state index in [2.05, 4.69) is 41.8 Å². The standard InChI is InChI=1S/C14H15Br2N3O2/c1-7(2)12-13(17)18-6-19-14(12)21-11-5-8(15)10(20-3)4-9(11)16/h4-7H,1-3H3,(H2,17,18,19). The molecule has 0 bridgehead atoms. The summed E-state index contributed by atoms with van der Waals surface area (Å²) in [6.45, 7) is 4.03. The van der Waals surface area contributed by atoms with Crippen LogP contribution in [0.3, 0.4) is 0 Å². The highest BCUT2D eigenvalue weighted by Gasteiger charge is 2.17. The van der Waals surface area contributed by atoms with Crippen LogP contribution < -0.4 is 15.2 Å². The van der Waals surface area contributed by atoms with E-state index < -0.39 is 0 Å². The Morgan fingerprint density at radius 3 is 2.33 bits per heavy atom. The van der Waals surface area contributed by atoms with E-state index in [1.54, 1.807) is 7.11 Å². The topological polar surface area (TPSA) is 70.3 Å². The van der Waals surface area contributed by atoms with Gasteiger partial charge in [0.15, 0.2) is 0 Å². The molecule has 0 aliphatic rings. The van der Waals surface area contributed by atoms with Crippen LogP contribution >= 0.6 is 31.9 Å². The lowest BCUT2D eigenvalue weighted by molar-refractivity contribution is 0.408. The van der Waals surface area contributed by atoms with E-state index >= 15 is 0 Å². The number of rotatable bonds is 4. The minimum Gasteiger partial charge on any atom is -0.496 e. The van der Waals surface area contributed by atoms with Crippen molar-refractivity contribution in [3.8, 4) is 17.4 Å². The molecule has 0 spiro atoms. The van der Waals surface area contributed by atoms with Crippen LogP contribution in [0.1, 0.15) is 25.3 Å². The lowest BCUT2D eigenvalue weighted by atomic mass is 10.1. The maximum absolute atomic E-state index is 5.92. The van der Waals surface area contributed by atoms with Gasteiger partial charge in [-0.15, -0.1) is 0 Å². The predicted octanol–water partition coefficient (Wildman–Crippen LogP) is 4.51. The highest BCUT2D eigenvalue weighted by atomic mass is 79.9. The van der Waals surface area contributed by atoms with Gasteiger partial charge >= 0.3 is 0 Å². The van der Waals surface area contributed by atoms with E-state index in [0.29, 0.717) is 23.2 Å². The normalized spacial score (nSPS) is 10.8. The van der Waals surface area contributed by atoms with Crippen molar-refractivity contribution in [3.05, 3.63) is 33.0 Å². The Morgan fingerprint density at radius 2 is 1.71 bits per heavy atom. The molecule has 0 amide bonds. The summed E-state index contributed by atoms with van der Waals surface area (Å²) in [5, 5.41) is 0. The Morgan fingerprint density at radius 1 is 1.10 bits per heavy atom. The van der Waals surface area contributed by atoms with Crippen molar-refractivity contribution in [1.82, 2.24) is 9.97 Å². The second-order valence-corrected chi connectivity index (χ2v) is 6.36. The Bertz CT molecular complexity index is 663. The summed E-state index contributed by atoms with van der Waals surface area (Å²) in [6.07, 6.45) is 1.39. The van der Waals surface area contributed by atoms with Crippen molar-refractivity contribution >= 4 is 37.7 Å². The molecule has 112 valence electrons. The first-order valence-corrected chi connectivity index (χ1v) is 7.83. The third-order valence-electron chi connectivity index (χ3n) is 2.87. The molecular weight excluding hydrogens is 402 g/mol. The Hall–Kier alpha value is -1.34. The number of aromatic nitrogens is 2. The fourth-order valence-corrected chi connectivity index (χ4v) is 2.75. The molecule has 1 aromatic carbocycles. The molecule has 21 heavy (non-hydrogen) atoms. The zero-order chi connectivity index (χ0) is 15.6. The van der Waals surface area contributed by atoms with Gasteiger partial charge in [-0.25, -0.2) is 9.97 Å². The third kappa shape index (κ3) is 3.47. The summed E-state index contributed by atoms with van der Waals surface area (Å²) in [4.78, 5) is 8.20. The van der Waals surface area contributed by atoms with Crippen LogP contribution in [0, 0.1) is 0 Å². The molecule has 0 saturated heterocycles. The van der Waals surface area contributed by atoms with E-state index in [1.165, 1.54) is 6.33 Å². The number of hydrogen-bond donors (Lipinski definition) is 1. The van der Waals surface area contributed by atoms with Crippen molar-refractivity contribution in [2.45, 2.75) is 19.8 Å². The molecule has 2 N–H and O–H groups in total. The SMILES string of the molecule is COc1cc(Br)c(Oc2ncnc(N)c2C(C)C)cc1Br. The van der Waals surface area contributed by atoms with Gasteiger partial charge in [-0.3, -0.25) is 0 Å². The number of methoxy groups -OCH3 is 1. The van der Waals surface area contributed by atoms with Crippen molar-refractivity contribution < 1.29 is 9.47 Å². The number of nitrogens with zero attached hydrogens (tertiary/aromatic N) is 2. The van der Waals surface area contributed by atoms with E-state index in [1.807, 2.05) is 26.0 Å². The third-order valence-corrected chi connectivity index (χ3v) is 4.11. The largest absolute Gasteiger partial charge is 0.496 e. The van der Waals surface area contributed by atoms with Crippen LogP contribution in [-0.4, -0.2) is 17.1 Å². The number of benzene rings is 1. The van der Waals surface area contributed by atoms with Crippen molar-refractivity contribution in [1.29, 1.82) is 0 Å². The van der Waals surface area contributed by atoms with Gasteiger partial charge in [-0.2, -0.15) is 0 Å². The Balaban J connectivity index is 2.44. The molecule has 2 rings (SSSR count). The van der Waals surface area contributed by atoms with E-state index in [4.69, 9.17) is 15.2 Å². The number of nitrogen functional groups attached to an aromatic ring is 1. The molecule has 0 radical (unpaired) electrons. The second-order valence-electron chi connectivity index (χ2n) is 4.65. The van der Waals surface area contributed by atoms with Crippen molar-refractivity contribution in [3.63, 3.8) is 0 Å². The van der Waals surface area contributed by atoms with Gasteiger partial charge in [0, 0.05) is 0 Å². The number of anilines is 1. The van der Waals surface area contributed by atoms with Gasteiger partial charge < -0.3 is 15.2 Å². The summed E-state index contributed by atoms with van der Waals surface area (Å²) in [7, 11) is 1.61. The fourth-order valence-electron chi connectivity index (χ4n) is 1.87. The fraction of sp³-hybridized carbons (Fsp3) is 0.286. The second kappa shape index (κ2) is 6.62. The molecular formula is C14H15Br2N3O2. The monoisotopic (exact) mass is 415 g/mol. The Labute approximate surface area is 140 Å². The number of ether oxygens (including phenoxy) is 2. The molecule has 2 aromatic rings. The molecule has 0 fully saturated rings. The van der Waals surface area contributed by atoms with Gasteiger partial charge in [0.1, 0.15) is 23.6 Å².